The highest BCUT2D eigenvalue weighted by molar-refractivity contribution is 5.94. The number of aliphatic hydroxyl groups is 1. The zero-order valence-electron chi connectivity index (χ0n) is 8.16. The summed E-state index contributed by atoms with van der Waals surface area (Å²) < 4.78 is 0. The molecule has 1 aromatic heterocycles. The number of hydrogen-bond acceptors (Lipinski definition) is 3. The van der Waals surface area contributed by atoms with Gasteiger partial charge in [0.2, 0.25) is 0 Å². The summed E-state index contributed by atoms with van der Waals surface area (Å²) in [5.41, 5.74) is 1.43. The number of hydrogen-bond donors (Lipinski definition) is 2. The molecule has 0 spiro atoms. The van der Waals surface area contributed by atoms with E-state index in [1.165, 1.54) is 0 Å². The van der Waals surface area contributed by atoms with Gasteiger partial charge in [-0.3, -0.25) is 9.78 Å². The molecule has 0 radical (unpaired) electrons. The van der Waals surface area contributed by atoms with Crippen LogP contribution in [0.2, 0.25) is 0 Å². The van der Waals surface area contributed by atoms with Crippen molar-refractivity contribution in [2.75, 3.05) is 13.2 Å². The van der Waals surface area contributed by atoms with Crippen LogP contribution in [0.4, 0.5) is 0 Å². The number of rotatable bonds is 4. The van der Waals surface area contributed by atoms with Gasteiger partial charge >= 0.3 is 0 Å². The van der Waals surface area contributed by atoms with Crippen molar-refractivity contribution in [2.24, 2.45) is 0 Å². The molecule has 4 heteroatoms. The fourth-order valence-electron chi connectivity index (χ4n) is 1.07. The Morgan fingerprint density at radius 2 is 2.43 bits per heavy atom. The monoisotopic (exact) mass is 194 g/mol. The van der Waals surface area contributed by atoms with Crippen molar-refractivity contribution in [1.29, 1.82) is 0 Å². The van der Waals surface area contributed by atoms with E-state index in [0.29, 0.717) is 18.5 Å². The number of nitrogens with zero attached hydrogens (tertiary/aromatic N) is 1. The summed E-state index contributed by atoms with van der Waals surface area (Å²) in [4.78, 5) is 15.4. The zero-order chi connectivity index (χ0) is 10.4. The van der Waals surface area contributed by atoms with Crippen LogP contribution in [0.15, 0.2) is 18.3 Å². The molecule has 0 saturated carbocycles. The minimum absolute atomic E-state index is 0.0929. The molecule has 1 aromatic rings. The topological polar surface area (TPSA) is 62.2 Å². The molecule has 14 heavy (non-hydrogen) atoms. The summed E-state index contributed by atoms with van der Waals surface area (Å²) in [5, 5.41) is 11.2. The lowest BCUT2D eigenvalue weighted by Gasteiger charge is -2.03. The van der Waals surface area contributed by atoms with E-state index in [-0.39, 0.29) is 12.5 Å². The maximum absolute atomic E-state index is 11.5. The fourth-order valence-corrected chi connectivity index (χ4v) is 1.07. The molecular weight excluding hydrogens is 180 g/mol. The van der Waals surface area contributed by atoms with Gasteiger partial charge in [0, 0.05) is 30.6 Å². The van der Waals surface area contributed by atoms with Crippen molar-refractivity contribution < 1.29 is 9.90 Å². The molecule has 0 aromatic carbocycles. The Labute approximate surface area is 83.0 Å². The van der Waals surface area contributed by atoms with Crippen molar-refractivity contribution in [3.8, 4) is 0 Å². The first-order chi connectivity index (χ1) is 6.74. The highest BCUT2D eigenvalue weighted by atomic mass is 16.3. The Hall–Kier alpha value is -1.42. The lowest BCUT2D eigenvalue weighted by atomic mass is 10.2. The van der Waals surface area contributed by atoms with Crippen LogP contribution in [-0.4, -0.2) is 29.1 Å². The third kappa shape index (κ3) is 3.14. The Bertz CT molecular complexity index is 313. The zero-order valence-corrected chi connectivity index (χ0v) is 8.16. The SMILES string of the molecule is Cc1cc(C(=O)NCCCO)ccn1. The van der Waals surface area contributed by atoms with E-state index in [0.717, 1.165) is 5.69 Å². The molecule has 0 atom stereocenters. The van der Waals surface area contributed by atoms with E-state index >= 15 is 0 Å². The predicted molar refractivity (Wildman–Crippen MR) is 53.0 cm³/mol. The number of aryl methyl sites for hydroxylation is 1. The first-order valence-corrected chi connectivity index (χ1v) is 4.56. The van der Waals surface area contributed by atoms with Crippen molar-refractivity contribution in [2.45, 2.75) is 13.3 Å². The molecular formula is C10H14N2O2. The Morgan fingerprint density at radius 3 is 3.07 bits per heavy atom. The van der Waals surface area contributed by atoms with Crippen LogP contribution in [0.1, 0.15) is 22.5 Å². The van der Waals surface area contributed by atoms with E-state index in [1.54, 1.807) is 18.3 Å². The number of amides is 1. The molecule has 1 rings (SSSR count). The highest BCUT2D eigenvalue weighted by Crippen LogP contribution is 1.99. The van der Waals surface area contributed by atoms with Crippen LogP contribution in [0.3, 0.4) is 0 Å². The van der Waals surface area contributed by atoms with Gasteiger partial charge in [-0.25, -0.2) is 0 Å². The third-order valence-corrected chi connectivity index (χ3v) is 1.78. The van der Waals surface area contributed by atoms with Crippen molar-refractivity contribution in [3.05, 3.63) is 29.6 Å². The fraction of sp³-hybridized carbons (Fsp3) is 0.400. The average molecular weight is 194 g/mol. The smallest absolute Gasteiger partial charge is 0.251 e. The molecule has 0 bridgehead atoms. The normalized spacial score (nSPS) is 9.86. The highest BCUT2D eigenvalue weighted by Gasteiger charge is 2.03. The van der Waals surface area contributed by atoms with Gasteiger partial charge < -0.3 is 10.4 Å². The van der Waals surface area contributed by atoms with Gasteiger partial charge in [-0.1, -0.05) is 0 Å². The van der Waals surface area contributed by atoms with E-state index in [1.807, 2.05) is 6.92 Å². The maximum atomic E-state index is 11.5. The quantitative estimate of drug-likeness (QED) is 0.686. The largest absolute Gasteiger partial charge is 0.396 e. The lowest BCUT2D eigenvalue weighted by molar-refractivity contribution is 0.0951. The Morgan fingerprint density at radius 1 is 1.64 bits per heavy atom. The van der Waals surface area contributed by atoms with Crippen LogP contribution in [-0.2, 0) is 0 Å². The van der Waals surface area contributed by atoms with Crippen LogP contribution in [0.25, 0.3) is 0 Å². The summed E-state index contributed by atoms with van der Waals surface area (Å²) >= 11 is 0. The first kappa shape index (κ1) is 10.7. The Kier molecular flexibility index (Phi) is 4.07. The van der Waals surface area contributed by atoms with Gasteiger partial charge in [-0.2, -0.15) is 0 Å². The number of aromatic nitrogens is 1. The van der Waals surface area contributed by atoms with Crippen LogP contribution in [0.5, 0.6) is 0 Å². The van der Waals surface area contributed by atoms with E-state index in [4.69, 9.17) is 5.11 Å². The average Bonchev–Trinajstić information content (AvgIpc) is 2.18. The molecule has 0 saturated heterocycles. The minimum atomic E-state index is -0.121. The molecule has 0 unspecified atom stereocenters. The summed E-state index contributed by atoms with van der Waals surface area (Å²) in [6, 6.07) is 3.40. The second-order valence-corrected chi connectivity index (χ2v) is 3.02. The molecule has 1 heterocycles. The van der Waals surface area contributed by atoms with E-state index < -0.39 is 0 Å². The second kappa shape index (κ2) is 5.34. The molecule has 0 fully saturated rings. The number of carbonyl (C=O) groups excluding carboxylic acids is 1. The third-order valence-electron chi connectivity index (χ3n) is 1.78. The van der Waals surface area contributed by atoms with Gasteiger partial charge in [0.1, 0.15) is 0 Å². The molecule has 4 nitrogen and oxygen atoms in total. The van der Waals surface area contributed by atoms with Crippen LogP contribution < -0.4 is 5.32 Å². The number of pyridine rings is 1. The summed E-state index contributed by atoms with van der Waals surface area (Å²) in [6.07, 6.45) is 2.19. The van der Waals surface area contributed by atoms with Gasteiger partial charge in [-0.15, -0.1) is 0 Å². The van der Waals surface area contributed by atoms with Gasteiger partial charge in [0.25, 0.3) is 5.91 Å². The maximum Gasteiger partial charge on any atom is 0.251 e. The Balaban J connectivity index is 2.52. The summed E-state index contributed by atoms with van der Waals surface area (Å²) in [6.45, 7) is 2.43. The summed E-state index contributed by atoms with van der Waals surface area (Å²) in [5.74, 6) is -0.121. The van der Waals surface area contributed by atoms with Crippen LogP contribution >= 0.6 is 0 Å². The molecule has 1 amide bonds. The second-order valence-electron chi connectivity index (χ2n) is 3.02. The van der Waals surface area contributed by atoms with E-state index in [2.05, 4.69) is 10.3 Å². The van der Waals surface area contributed by atoms with Gasteiger partial charge in [0.15, 0.2) is 0 Å². The van der Waals surface area contributed by atoms with E-state index in [9.17, 15) is 4.79 Å². The molecule has 76 valence electrons. The first-order valence-electron chi connectivity index (χ1n) is 4.56. The van der Waals surface area contributed by atoms with Crippen molar-refractivity contribution >= 4 is 5.91 Å². The molecule has 0 aliphatic heterocycles. The summed E-state index contributed by atoms with van der Waals surface area (Å²) in [7, 11) is 0. The lowest BCUT2D eigenvalue weighted by Crippen LogP contribution is -2.25. The predicted octanol–water partition coefficient (Wildman–Crippen LogP) is 0.502. The number of nitrogens with one attached hydrogen (secondary N) is 1. The van der Waals surface area contributed by atoms with Gasteiger partial charge in [-0.05, 0) is 25.5 Å². The van der Waals surface area contributed by atoms with Crippen LogP contribution in [0, 0.1) is 6.92 Å². The van der Waals surface area contributed by atoms with Gasteiger partial charge in [0.05, 0.1) is 0 Å². The standard InChI is InChI=1S/C10H14N2O2/c1-8-7-9(3-5-11-8)10(14)12-4-2-6-13/h3,5,7,13H,2,4,6H2,1H3,(H,12,14). The minimum Gasteiger partial charge on any atom is -0.396 e. The molecule has 0 aliphatic carbocycles. The van der Waals surface area contributed by atoms with Crippen molar-refractivity contribution in [1.82, 2.24) is 10.3 Å². The van der Waals surface area contributed by atoms with Crippen molar-refractivity contribution in [3.63, 3.8) is 0 Å². The number of aliphatic hydroxyl groups excluding tert-OH is 1. The number of carbonyl (C=O) groups is 1. The molecule has 0 aliphatic rings. The molecule has 2 N–H and O–H groups in total.